The standard InChI is InChI=1S/C31H3F11N6/c1-8-15(27(38)22(33)12(5-46)21(8)32)9(2-43)16-17(10(3-44)19-28(39)23(34)13(6-47)24(35)29(19)40)18(16)11(4-45)20-30(41)25(36)14(7-48)26(37)31(20)42/h1H3. The molecule has 1 aliphatic rings. The molecule has 0 unspecified atom stereocenters. The van der Waals surface area contributed by atoms with Crippen molar-refractivity contribution >= 4 is 16.7 Å². The van der Waals surface area contributed by atoms with Gasteiger partial charge >= 0.3 is 0 Å². The molecule has 234 valence electrons. The molecule has 0 atom stereocenters. The number of hydrogen-bond acceptors (Lipinski definition) is 6. The van der Waals surface area contributed by atoms with Gasteiger partial charge in [-0.2, -0.15) is 31.6 Å². The van der Waals surface area contributed by atoms with E-state index in [0.29, 0.717) is 6.92 Å². The van der Waals surface area contributed by atoms with Gasteiger partial charge in [0, 0.05) is 22.3 Å². The van der Waals surface area contributed by atoms with Gasteiger partial charge in [-0.15, -0.1) is 0 Å². The van der Waals surface area contributed by atoms with Gasteiger partial charge < -0.3 is 0 Å². The first kappa shape index (κ1) is 33.9. The molecule has 17 heteroatoms. The summed E-state index contributed by atoms with van der Waals surface area (Å²) >= 11 is 0. The Labute approximate surface area is 259 Å². The Morgan fingerprint density at radius 3 is 0.833 bits per heavy atom. The Balaban J connectivity index is 2.38. The predicted molar refractivity (Wildman–Crippen MR) is 135 cm³/mol. The van der Waals surface area contributed by atoms with E-state index in [1.54, 1.807) is 0 Å². The molecule has 1 aliphatic carbocycles. The number of rotatable bonds is 3. The van der Waals surface area contributed by atoms with E-state index in [4.69, 9.17) is 15.8 Å². The van der Waals surface area contributed by atoms with Crippen molar-refractivity contribution in [1.29, 1.82) is 31.6 Å². The average Bonchev–Trinajstić information content (AvgIpc) is 3.78. The summed E-state index contributed by atoms with van der Waals surface area (Å²) < 4.78 is 163. The maximum Gasteiger partial charge on any atom is 0.180 e. The van der Waals surface area contributed by atoms with Crippen LogP contribution in [0.15, 0.2) is 16.7 Å². The highest BCUT2D eigenvalue weighted by Crippen LogP contribution is 2.57. The van der Waals surface area contributed by atoms with Crippen LogP contribution in [-0.4, -0.2) is 0 Å². The fourth-order valence-corrected chi connectivity index (χ4v) is 4.72. The largest absolute Gasteiger partial charge is 0.205 e. The minimum atomic E-state index is -2.46. The smallest absolute Gasteiger partial charge is 0.180 e. The number of allylic oxidation sites excluding steroid dienone is 6. The first-order chi connectivity index (χ1) is 22.6. The van der Waals surface area contributed by atoms with Crippen molar-refractivity contribution in [3.63, 3.8) is 0 Å². The zero-order valence-corrected chi connectivity index (χ0v) is 22.8. The molecule has 0 bridgehead atoms. The summed E-state index contributed by atoms with van der Waals surface area (Å²) in [4.78, 5) is 0. The number of hydrogen-bond donors (Lipinski definition) is 0. The van der Waals surface area contributed by atoms with Crippen molar-refractivity contribution in [3.05, 3.63) is 120 Å². The Bertz CT molecular complexity index is 2060. The summed E-state index contributed by atoms with van der Waals surface area (Å²) in [7, 11) is 0. The van der Waals surface area contributed by atoms with Gasteiger partial charge in [0.15, 0.2) is 58.2 Å². The molecule has 4 rings (SSSR count). The summed E-state index contributed by atoms with van der Waals surface area (Å²) in [6.07, 6.45) is 0. The van der Waals surface area contributed by atoms with E-state index in [-0.39, 0.29) is 0 Å². The Morgan fingerprint density at radius 2 is 0.583 bits per heavy atom. The van der Waals surface area contributed by atoms with Gasteiger partial charge in [-0.05, 0) is 12.5 Å². The van der Waals surface area contributed by atoms with Crippen LogP contribution < -0.4 is 0 Å². The summed E-state index contributed by atoms with van der Waals surface area (Å²) in [5, 5.41) is 56.4. The summed E-state index contributed by atoms with van der Waals surface area (Å²) in [6, 6.07) is 5.91. The van der Waals surface area contributed by atoms with Crippen molar-refractivity contribution in [1.82, 2.24) is 0 Å². The van der Waals surface area contributed by atoms with Crippen LogP contribution in [0.4, 0.5) is 48.3 Å². The summed E-state index contributed by atoms with van der Waals surface area (Å²) in [5.74, 6) is -25.5. The molecule has 1 saturated carbocycles. The summed E-state index contributed by atoms with van der Waals surface area (Å²) in [6.45, 7) is 0.674. The van der Waals surface area contributed by atoms with Crippen LogP contribution >= 0.6 is 0 Å². The van der Waals surface area contributed by atoms with Crippen LogP contribution in [-0.2, 0) is 0 Å². The fourth-order valence-electron chi connectivity index (χ4n) is 4.72. The molecule has 0 aromatic heterocycles. The van der Waals surface area contributed by atoms with E-state index < -0.39 is 136 Å². The van der Waals surface area contributed by atoms with Crippen LogP contribution in [0.25, 0.3) is 16.7 Å². The van der Waals surface area contributed by atoms with Gasteiger partial charge in [0.1, 0.15) is 58.9 Å². The van der Waals surface area contributed by atoms with E-state index >= 15 is 22.0 Å². The number of nitrogens with zero attached hydrogens (tertiary/aromatic N) is 6. The zero-order valence-electron chi connectivity index (χ0n) is 22.8. The van der Waals surface area contributed by atoms with E-state index in [1.165, 1.54) is 6.07 Å². The van der Waals surface area contributed by atoms with Gasteiger partial charge in [0.2, 0.25) is 0 Å². The lowest BCUT2D eigenvalue weighted by Gasteiger charge is -2.10. The SMILES string of the molecule is Cc1c(F)c(C#N)c(F)c(F)c1C(C#N)=C1C(=C(C#N)c2c(F)c(F)c(C#N)c(F)c2F)C1=C(C#N)c1c(F)c(F)c(C#N)c(F)c1F. The van der Waals surface area contributed by atoms with Crippen molar-refractivity contribution in [2.24, 2.45) is 0 Å². The molecule has 0 spiro atoms. The van der Waals surface area contributed by atoms with Crippen LogP contribution in [0.5, 0.6) is 0 Å². The number of nitriles is 6. The number of halogens is 11. The van der Waals surface area contributed by atoms with E-state index in [0.717, 1.165) is 30.3 Å². The molecular formula is C31H3F11N6. The topological polar surface area (TPSA) is 143 Å². The molecule has 0 saturated heterocycles. The Kier molecular flexibility index (Phi) is 8.55. The lowest BCUT2D eigenvalue weighted by molar-refractivity contribution is 0.446. The quantitative estimate of drug-likeness (QED) is 0.162. The number of benzene rings is 3. The monoisotopic (exact) mass is 668 g/mol. The molecule has 3 aromatic carbocycles. The highest BCUT2D eigenvalue weighted by molar-refractivity contribution is 6.12. The third-order valence-electron chi connectivity index (χ3n) is 6.94. The summed E-state index contributed by atoms with van der Waals surface area (Å²) in [5.41, 5.74) is -20.0. The van der Waals surface area contributed by atoms with Crippen LogP contribution in [0.2, 0.25) is 0 Å². The molecule has 0 N–H and O–H groups in total. The fraction of sp³-hybridized carbons (Fsp3) is 0.0323. The maximum atomic E-state index is 15.3. The third kappa shape index (κ3) is 4.58. The maximum absolute atomic E-state index is 15.3. The lowest BCUT2D eigenvalue weighted by Crippen LogP contribution is -2.06. The van der Waals surface area contributed by atoms with Gasteiger partial charge in [0.05, 0.1) is 27.8 Å². The molecule has 0 aliphatic heterocycles. The normalized spacial score (nSPS) is 13.8. The van der Waals surface area contributed by atoms with Crippen LogP contribution in [0.1, 0.15) is 38.9 Å². The molecule has 0 heterocycles. The van der Waals surface area contributed by atoms with E-state index in [1.807, 2.05) is 0 Å². The minimum Gasteiger partial charge on any atom is -0.205 e. The predicted octanol–water partition coefficient (Wildman–Crippen LogP) is 7.39. The first-order valence-corrected chi connectivity index (χ1v) is 12.2. The first-order valence-electron chi connectivity index (χ1n) is 12.2. The Hall–Kier alpha value is -6.95. The second kappa shape index (κ2) is 12.1. The minimum absolute atomic E-state index is 0.674. The van der Waals surface area contributed by atoms with Crippen molar-refractivity contribution in [2.45, 2.75) is 6.92 Å². The third-order valence-corrected chi connectivity index (χ3v) is 6.94. The van der Waals surface area contributed by atoms with E-state index in [9.17, 15) is 42.1 Å². The Morgan fingerprint density at radius 1 is 0.354 bits per heavy atom. The molecule has 0 amide bonds. The second-order valence-corrected chi connectivity index (χ2v) is 9.25. The van der Waals surface area contributed by atoms with Crippen molar-refractivity contribution in [2.75, 3.05) is 0 Å². The second-order valence-electron chi connectivity index (χ2n) is 9.25. The van der Waals surface area contributed by atoms with Gasteiger partial charge in [-0.1, -0.05) is 0 Å². The van der Waals surface area contributed by atoms with Gasteiger partial charge in [-0.3, -0.25) is 0 Å². The van der Waals surface area contributed by atoms with Gasteiger partial charge in [0.25, 0.3) is 0 Å². The van der Waals surface area contributed by atoms with Crippen molar-refractivity contribution < 1.29 is 48.3 Å². The zero-order chi connectivity index (χ0) is 36.1. The molecule has 1 fully saturated rings. The van der Waals surface area contributed by atoms with Crippen LogP contribution in [0, 0.1) is 139 Å². The molecule has 3 aromatic rings. The molecule has 0 radical (unpaired) electrons. The molecule has 48 heavy (non-hydrogen) atoms. The average molecular weight is 668 g/mol. The van der Waals surface area contributed by atoms with Crippen LogP contribution in [0.3, 0.4) is 0 Å². The van der Waals surface area contributed by atoms with Crippen molar-refractivity contribution in [3.8, 4) is 36.4 Å². The highest BCUT2D eigenvalue weighted by Gasteiger charge is 2.46. The molecule has 6 nitrogen and oxygen atoms in total. The molecular weight excluding hydrogens is 665 g/mol. The van der Waals surface area contributed by atoms with Gasteiger partial charge in [-0.25, -0.2) is 48.3 Å². The van der Waals surface area contributed by atoms with E-state index in [2.05, 4.69) is 0 Å². The lowest BCUT2D eigenvalue weighted by atomic mass is 9.95. The highest BCUT2D eigenvalue weighted by atomic mass is 19.2.